The molecular formula is C19H33N5O. The lowest BCUT2D eigenvalue weighted by Gasteiger charge is -2.21. The maximum absolute atomic E-state index is 5.36. The van der Waals surface area contributed by atoms with E-state index in [-0.39, 0.29) is 0 Å². The van der Waals surface area contributed by atoms with E-state index in [4.69, 9.17) is 4.74 Å². The number of rotatable bonds is 8. The predicted octanol–water partition coefficient (Wildman–Crippen LogP) is 2.55. The lowest BCUT2D eigenvalue weighted by atomic mass is 10.2. The van der Waals surface area contributed by atoms with E-state index < -0.39 is 0 Å². The van der Waals surface area contributed by atoms with Crippen LogP contribution in [-0.4, -0.2) is 50.3 Å². The van der Waals surface area contributed by atoms with Crippen LogP contribution in [0.1, 0.15) is 45.1 Å². The third kappa shape index (κ3) is 7.30. The minimum Gasteiger partial charge on any atom is -0.380 e. The Labute approximate surface area is 152 Å². The molecule has 1 saturated heterocycles. The molecule has 0 amide bonds. The molecule has 1 aromatic heterocycles. The fourth-order valence-electron chi connectivity index (χ4n) is 2.93. The molecule has 1 aliphatic rings. The molecule has 2 rings (SSSR count). The van der Waals surface area contributed by atoms with Crippen molar-refractivity contribution in [2.75, 3.05) is 44.3 Å². The number of hydrogen-bond donors (Lipinski definition) is 2. The minimum absolute atomic E-state index is 0.646. The largest absolute Gasteiger partial charge is 0.380 e. The summed E-state index contributed by atoms with van der Waals surface area (Å²) in [5, 5.41) is 6.57. The van der Waals surface area contributed by atoms with Gasteiger partial charge >= 0.3 is 0 Å². The summed E-state index contributed by atoms with van der Waals surface area (Å²) in [6, 6.07) is 4.23. The second-order valence-electron chi connectivity index (χ2n) is 6.24. The van der Waals surface area contributed by atoms with Crippen molar-refractivity contribution in [2.24, 2.45) is 4.99 Å². The van der Waals surface area contributed by atoms with Gasteiger partial charge in [0.1, 0.15) is 5.82 Å². The molecule has 0 atom stereocenters. The van der Waals surface area contributed by atoms with Crippen molar-refractivity contribution in [3.05, 3.63) is 23.9 Å². The Balaban J connectivity index is 1.93. The van der Waals surface area contributed by atoms with Gasteiger partial charge in [0.25, 0.3) is 0 Å². The van der Waals surface area contributed by atoms with E-state index in [1.54, 1.807) is 0 Å². The number of aromatic nitrogens is 1. The summed E-state index contributed by atoms with van der Waals surface area (Å²) in [5.74, 6) is 1.92. The number of ether oxygens (including phenoxy) is 1. The summed E-state index contributed by atoms with van der Waals surface area (Å²) in [6.45, 7) is 9.98. The van der Waals surface area contributed by atoms with Gasteiger partial charge in [-0.05, 0) is 44.4 Å². The molecule has 0 aliphatic carbocycles. The van der Waals surface area contributed by atoms with Crippen LogP contribution in [0.5, 0.6) is 0 Å². The van der Waals surface area contributed by atoms with Crippen LogP contribution in [0.2, 0.25) is 0 Å². The quantitative estimate of drug-likeness (QED) is 0.430. The zero-order chi connectivity index (χ0) is 17.7. The lowest BCUT2D eigenvalue weighted by molar-refractivity contribution is 0.152. The van der Waals surface area contributed by atoms with Gasteiger partial charge in [0.05, 0.1) is 13.2 Å². The maximum Gasteiger partial charge on any atom is 0.191 e. The van der Waals surface area contributed by atoms with Crippen LogP contribution in [-0.2, 0) is 11.3 Å². The molecule has 0 bridgehead atoms. The van der Waals surface area contributed by atoms with Gasteiger partial charge in [-0.1, -0.05) is 12.8 Å². The van der Waals surface area contributed by atoms with Gasteiger partial charge in [0, 0.05) is 39.0 Å². The highest BCUT2D eigenvalue weighted by Crippen LogP contribution is 2.18. The fourth-order valence-corrected chi connectivity index (χ4v) is 2.93. The number of aliphatic imine (C=N–C) groups is 1. The smallest absolute Gasteiger partial charge is 0.191 e. The first-order chi connectivity index (χ1) is 12.3. The molecule has 0 aromatic carbocycles. The van der Waals surface area contributed by atoms with Crippen LogP contribution in [0, 0.1) is 0 Å². The molecule has 1 fully saturated rings. The van der Waals surface area contributed by atoms with E-state index >= 15 is 0 Å². The Bertz CT molecular complexity index is 512. The molecule has 1 aliphatic heterocycles. The van der Waals surface area contributed by atoms with Gasteiger partial charge in [-0.25, -0.2) is 9.98 Å². The van der Waals surface area contributed by atoms with Gasteiger partial charge in [-0.2, -0.15) is 0 Å². The lowest BCUT2D eigenvalue weighted by Crippen LogP contribution is -2.39. The number of nitrogens with zero attached hydrogens (tertiary/aromatic N) is 3. The number of hydrogen-bond acceptors (Lipinski definition) is 4. The maximum atomic E-state index is 5.36. The Morgan fingerprint density at radius 3 is 2.72 bits per heavy atom. The van der Waals surface area contributed by atoms with Crippen molar-refractivity contribution in [1.82, 2.24) is 15.6 Å². The third-order valence-electron chi connectivity index (χ3n) is 4.25. The Hall–Kier alpha value is -1.82. The van der Waals surface area contributed by atoms with E-state index in [1.165, 1.54) is 31.2 Å². The van der Waals surface area contributed by atoms with Crippen LogP contribution in [0.25, 0.3) is 0 Å². The van der Waals surface area contributed by atoms with Crippen molar-refractivity contribution in [3.8, 4) is 0 Å². The van der Waals surface area contributed by atoms with E-state index in [0.717, 1.165) is 44.6 Å². The van der Waals surface area contributed by atoms with Crippen LogP contribution in [0.3, 0.4) is 0 Å². The fraction of sp³-hybridized carbons (Fsp3) is 0.684. The molecular weight excluding hydrogens is 314 g/mol. The van der Waals surface area contributed by atoms with Crippen molar-refractivity contribution >= 4 is 11.8 Å². The van der Waals surface area contributed by atoms with Gasteiger partial charge in [0.2, 0.25) is 0 Å². The molecule has 6 nitrogen and oxygen atoms in total. The normalized spacial score (nSPS) is 15.8. The second kappa shape index (κ2) is 11.7. The highest BCUT2D eigenvalue weighted by atomic mass is 16.5. The average Bonchev–Trinajstić information content (AvgIpc) is 2.93. The van der Waals surface area contributed by atoms with Gasteiger partial charge in [-0.15, -0.1) is 0 Å². The average molecular weight is 348 g/mol. The topological polar surface area (TPSA) is 61.8 Å². The van der Waals surface area contributed by atoms with Gasteiger partial charge in [-0.3, -0.25) is 0 Å². The summed E-state index contributed by atoms with van der Waals surface area (Å²) in [7, 11) is 0. The molecule has 2 N–H and O–H groups in total. The monoisotopic (exact) mass is 347 g/mol. The molecule has 0 radical (unpaired) electrons. The van der Waals surface area contributed by atoms with Crippen LogP contribution >= 0.6 is 0 Å². The van der Waals surface area contributed by atoms with Gasteiger partial charge in [0.15, 0.2) is 5.96 Å². The molecule has 25 heavy (non-hydrogen) atoms. The first kappa shape index (κ1) is 19.5. The van der Waals surface area contributed by atoms with Crippen molar-refractivity contribution in [3.63, 3.8) is 0 Å². The SMILES string of the molecule is CCNC(=NCc1ccnc(N2CCCCCC2)c1)NCCOCC. The van der Waals surface area contributed by atoms with Crippen molar-refractivity contribution in [1.29, 1.82) is 0 Å². The zero-order valence-electron chi connectivity index (χ0n) is 15.8. The number of guanidine groups is 1. The van der Waals surface area contributed by atoms with Gasteiger partial charge < -0.3 is 20.3 Å². The summed E-state index contributed by atoms with van der Waals surface area (Å²) < 4.78 is 5.36. The zero-order valence-corrected chi connectivity index (χ0v) is 15.8. The molecule has 0 saturated carbocycles. The van der Waals surface area contributed by atoms with E-state index in [2.05, 4.69) is 44.6 Å². The Morgan fingerprint density at radius 2 is 2.00 bits per heavy atom. The first-order valence-electron chi connectivity index (χ1n) is 9.63. The van der Waals surface area contributed by atoms with Crippen molar-refractivity contribution < 1.29 is 4.74 Å². The first-order valence-corrected chi connectivity index (χ1v) is 9.63. The predicted molar refractivity (Wildman–Crippen MR) is 104 cm³/mol. The molecule has 2 heterocycles. The number of anilines is 1. The number of nitrogens with one attached hydrogen (secondary N) is 2. The van der Waals surface area contributed by atoms with E-state index in [1.807, 2.05) is 13.1 Å². The van der Waals surface area contributed by atoms with Crippen molar-refractivity contribution in [2.45, 2.75) is 46.1 Å². The van der Waals surface area contributed by atoms with Crippen LogP contribution in [0.15, 0.2) is 23.3 Å². The highest BCUT2D eigenvalue weighted by Gasteiger charge is 2.11. The minimum atomic E-state index is 0.646. The van der Waals surface area contributed by atoms with E-state index in [9.17, 15) is 0 Å². The molecule has 1 aromatic rings. The molecule has 140 valence electrons. The highest BCUT2D eigenvalue weighted by molar-refractivity contribution is 5.79. The Kier molecular flexibility index (Phi) is 9.12. The summed E-state index contributed by atoms with van der Waals surface area (Å²) in [5.41, 5.74) is 1.19. The summed E-state index contributed by atoms with van der Waals surface area (Å²) in [6.07, 6.45) is 7.09. The molecule has 6 heteroatoms. The summed E-state index contributed by atoms with van der Waals surface area (Å²) in [4.78, 5) is 11.7. The Morgan fingerprint density at radius 1 is 1.20 bits per heavy atom. The van der Waals surface area contributed by atoms with Crippen LogP contribution in [0.4, 0.5) is 5.82 Å². The molecule has 0 spiro atoms. The second-order valence-corrected chi connectivity index (χ2v) is 6.24. The number of pyridine rings is 1. The summed E-state index contributed by atoms with van der Waals surface area (Å²) >= 11 is 0. The standard InChI is InChI=1S/C19H33N5O/c1-3-20-19(22-11-14-25-4-2)23-16-17-9-10-21-18(15-17)24-12-7-5-6-8-13-24/h9-10,15H,3-8,11-14,16H2,1-2H3,(H2,20,22,23). The third-order valence-corrected chi connectivity index (χ3v) is 4.25. The van der Waals surface area contributed by atoms with Crippen LogP contribution < -0.4 is 15.5 Å². The molecule has 0 unspecified atom stereocenters. The van der Waals surface area contributed by atoms with E-state index in [0.29, 0.717) is 13.2 Å².